The van der Waals surface area contributed by atoms with E-state index < -0.39 is 5.60 Å². The molecule has 0 saturated heterocycles. The second-order valence-electron chi connectivity index (χ2n) is 4.27. The van der Waals surface area contributed by atoms with Crippen LogP contribution >= 0.6 is 0 Å². The zero-order valence-electron chi connectivity index (χ0n) is 9.01. The lowest BCUT2D eigenvalue weighted by Gasteiger charge is -2.26. The fraction of sp³-hybridized carbons (Fsp3) is 0.909. The Morgan fingerprint density at radius 2 is 1.86 bits per heavy atom. The highest BCUT2D eigenvalue weighted by atomic mass is 16.3. The lowest BCUT2D eigenvalue weighted by atomic mass is 9.94. The van der Waals surface area contributed by atoms with E-state index in [0.717, 1.165) is 25.7 Å². The molecule has 0 aromatic heterocycles. The Morgan fingerprint density at radius 3 is 2.36 bits per heavy atom. The van der Waals surface area contributed by atoms with Gasteiger partial charge in [-0.05, 0) is 12.8 Å². The summed E-state index contributed by atoms with van der Waals surface area (Å²) in [6.45, 7) is 2.26. The highest BCUT2D eigenvalue weighted by Gasteiger charge is 2.27. The zero-order valence-corrected chi connectivity index (χ0v) is 9.01. The van der Waals surface area contributed by atoms with Crippen LogP contribution in [-0.2, 0) is 4.79 Å². The van der Waals surface area contributed by atoms with Crippen molar-refractivity contribution in [2.24, 2.45) is 0 Å². The first-order valence-corrected chi connectivity index (χ1v) is 5.65. The number of nitrogens with one attached hydrogen (secondary N) is 1. The molecule has 1 rings (SSSR count). The first-order valence-electron chi connectivity index (χ1n) is 5.65. The molecule has 2 N–H and O–H groups in total. The number of aliphatic hydroxyl groups is 1. The lowest BCUT2D eigenvalue weighted by Crippen LogP contribution is -2.42. The second-order valence-corrected chi connectivity index (χ2v) is 4.27. The smallest absolute Gasteiger partial charge is 0.219 e. The molecule has 1 saturated carbocycles. The predicted octanol–water partition coefficient (Wildman–Crippen LogP) is 1.60. The Labute approximate surface area is 85.9 Å². The Balaban J connectivity index is 2.35. The van der Waals surface area contributed by atoms with Gasteiger partial charge in [-0.3, -0.25) is 4.79 Å². The number of hydrogen-bond donors (Lipinski definition) is 2. The summed E-state index contributed by atoms with van der Waals surface area (Å²) in [6.07, 6.45) is 6.75. The molecule has 82 valence electrons. The Bertz CT molecular complexity index is 184. The van der Waals surface area contributed by atoms with Crippen molar-refractivity contribution in [1.29, 1.82) is 0 Å². The van der Waals surface area contributed by atoms with Gasteiger partial charge in [-0.2, -0.15) is 0 Å². The molecular weight excluding hydrogens is 178 g/mol. The monoisotopic (exact) mass is 199 g/mol. The fourth-order valence-corrected chi connectivity index (χ4v) is 1.95. The van der Waals surface area contributed by atoms with Crippen LogP contribution in [0.4, 0.5) is 0 Å². The van der Waals surface area contributed by atoms with Crippen molar-refractivity contribution in [3.05, 3.63) is 0 Å². The predicted molar refractivity (Wildman–Crippen MR) is 56.0 cm³/mol. The van der Waals surface area contributed by atoms with E-state index in [2.05, 4.69) is 5.32 Å². The molecule has 3 heteroatoms. The quantitative estimate of drug-likeness (QED) is 0.678. The number of carbonyl (C=O) groups is 1. The van der Waals surface area contributed by atoms with Crippen molar-refractivity contribution >= 4 is 5.91 Å². The summed E-state index contributed by atoms with van der Waals surface area (Å²) in [5.41, 5.74) is -0.638. The summed E-state index contributed by atoms with van der Waals surface area (Å²) in [5, 5.41) is 13.0. The number of hydrogen-bond acceptors (Lipinski definition) is 2. The second kappa shape index (κ2) is 5.35. The molecule has 1 aliphatic rings. The number of rotatable bonds is 3. The average molecular weight is 199 g/mol. The third-order valence-corrected chi connectivity index (χ3v) is 2.97. The molecule has 1 amide bonds. The molecule has 0 aromatic rings. The molecule has 1 aliphatic carbocycles. The minimum Gasteiger partial charge on any atom is -0.388 e. The van der Waals surface area contributed by atoms with Crippen molar-refractivity contribution in [2.45, 2.75) is 57.5 Å². The number of carbonyl (C=O) groups excluding carboxylic acids is 1. The normalized spacial score (nSPS) is 21.3. The fourth-order valence-electron chi connectivity index (χ4n) is 1.95. The molecule has 0 radical (unpaired) electrons. The van der Waals surface area contributed by atoms with E-state index in [1.165, 1.54) is 12.8 Å². The first-order chi connectivity index (χ1) is 6.66. The summed E-state index contributed by atoms with van der Waals surface area (Å²) < 4.78 is 0. The zero-order chi connectivity index (χ0) is 10.4. The highest BCUT2D eigenvalue weighted by Crippen LogP contribution is 2.26. The summed E-state index contributed by atoms with van der Waals surface area (Å²) in [4.78, 5) is 11.1. The van der Waals surface area contributed by atoms with Crippen molar-refractivity contribution in [3.63, 3.8) is 0 Å². The van der Waals surface area contributed by atoms with Crippen LogP contribution in [-0.4, -0.2) is 23.2 Å². The van der Waals surface area contributed by atoms with Crippen molar-refractivity contribution in [2.75, 3.05) is 6.54 Å². The maximum atomic E-state index is 11.1. The van der Waals surface area contributed by atoms with Crippen molar-refractivity contribution in [1.82, 2.24) is 5.32 Å². The van der Waals surface area contributed by atoms with Crippen molar-refractivity contribution in [3.8, 4) is 0 Å². The van der Waals surface area contributed by atoms with E-state index in [1.54, 1.807) is 0 Å². The van der Waals surface area contributed by atoms with Gasteiger partial charge < -0.3 is 10.4 Å². The molecule has 14 heavy (non-hydrogen) atoms. The molecule has 0 bridgehead atoms. The molecule has 3 nitrogen and oxygen atoms in total. The summed E-state index contributed by atoms with van der Waals surface area (Å²) in [5.74, 6) is 0.0303. The van der Waals surface area contributed by atoms with Crippen LogP contribution in [0.15, 0.2) is 0 Å². The first kappa shape index (κ1) is 11.5. The van der Waals surface area contributed by atoms with Crippen molar-refractivity contribution < 1.29 is 9.90 Å². The van der Waals surface area contributed by atoms with Gasteiger partial charge in [0.05, 0.1) is 5.60 Å². The van der Waals surface area contributed by atoms with E-state index in [0.29, 0.717) is 13.0 Å². The van der Waals surface area contributed by atoms with Crippen LogP contribution in [0.1, 0.15) is 51.9 Å². The molecule has 0 spiro atoms. The maximum Gasteiger partial charge on any atom is 0.219 e. The minimum absolute atomic E-state index is 0.0303. The van der Waals surface area contributed by atoms with Gasteiger partial charge in [0.2, 0.25) is 5.91 Å². The van der Waals surface area contributed by atoms with Crippen LogP contribution in [0.25, 0.3) is 0 Å². The van der Waals surface area contributed by atoms with Crippen LogP contribution in [0, 0.1) is 0 Å². The lowest BCUT2D eigenvalue weighted by molar-refractivity contribution is -0.122. The SMILES string of the molecule is CCC(=O)NCC1(O)CCCCCC1. The van der Waals surface area contributed by atoms with Gasteiger partial charge in [-0.1, -0.05) is 32.6 Å². The van der Waals surface area contributed by atoms with Crippen LogP contribution in [0.2, 0.25) is 0 Å². The van der Waals surface area contributed by atoms with E-state index in [-0.39, 0.29) is 5.91 Å². The topological polar surface area (TPSA) is 49.3 Å². The molecular formula is C11H21NO2. The third kappa shape index (κ3) is 3.66. The standard InChI is InChI=1S/C11H21NO2/c1-2-10(13)12-9-11(14)7-5-3-4-6-8-11/h14H,2-9H2,1H3,(H,12,13). The minimum atomic E-state index is -0.638. The summed E-state index contributed by atoms with van der Waals surface area (Å²) >= 11 is 0. The van der Waals surface area contributed by atoms with Crippen LogP contribution in [0.5, 0.6) is 0 Å². The van der Waals surface area contributed by atoms with Gasteiger partial charge in [0.25, 0.3) is 0 Å². The van der Waals surface area contributed by atoms with Gasteiger partial charge in [0.15, 0.2) is 0 Å². The Kier molecular flexibility index (Phi) is 4.39. The molecule has 0 aliphatic heterocycles. The van der Waals surface area contributed by atoms with Gasteiger partial charge >= 0.3 is 0 Å². The number of amides is 1. The van der Waals surface area contributed by atoms with E-state index in [9.17, 15) is 9.90 Å². The van der Waals surface area contributed by atoms with Crippen LogP contribution < -0.4 is 5.32 Å². The summed E-state index contributed by atoms with van der Waals surface area (Å²) in [6, 6.07) is 0. The van der Waals surface area contributed by atoms with Gasteiger partial charge in [-0.25, -0.2) is 0 Å². The molecule has 1 fully saturated rings. The summed E-state index contributed by atoms with van der Waals surface area (Å²) in [7, 11) is 0. The van der Waals surface area contributed by atoms with E-state index in [1.807, 2.05) is 6.92 Å². The van der Waals surface area contributed by atoms with Gasteiger partial charge in [-0.15, -0.1) is 0 Å². The molecule has 0 aromatic carbocycles. The molecule has 0 unspecified atom stereocenters. The largest absolute Gasteiger partial charge is 0.388 e. The molecule has 0 atom stereocenters. The van der Waals surface area contributed by atoms with Crippen LogP contribution in [0.3, 0.4) is 0 Å². The Morgan fingerprint density at radius 1 is 1.29 bits per heavy atom. The van der Waals surface area contributed by atoms with Gasteiger partial charge in [0.1, 0.15) is 0 Å². The highest BCUT2D eigenvalue weighted by molar-refractivity contribution is 5.75. The van der Waals surface area contributed by atoms with Gasteiger partial charge in [0, 0.05) is 13.0 Å². The Hall–Kier alpha value is -0.570. The van der Waals surface area contributed by atoms with E-state index >= 15 is 0 Å². The molecule has 0 heterocycles. The third-order valence-electron chi connectivity index (χ3n) is 2.97. The maximum absolute atomic E-state index is 11.1. The average Bonchev–Trinajstić information content (AvgIpc) is 2.40. The van der Waals surface area contributed by atoms with E-state index in [4.69, 9.17) is 0 Å².